The average Bonchev–Trinajstić information content (AvgIpc) is 3.19. The van der Waals surface area contributed by atoms with Crippen molar-refractivity contribution in [3.63, 3.8) is 0 Å². The van der Waals surface area contributed by atoms with Crippen molar-refractivity contribution in [3.8, 4) is 5.75 Å². The van der Waals surface area contributed by atoms with Crippen molar-refractivity contribution in [2.24, 2.45) is 0 Å². The molecule has 1 heterocycles. The van der Waals surface area contributed by atoms with Crippen LogP contribution in [-0.4, -0.2) is 33.3 Å². The van der Waals surface area contributed by atoms with Gasteiger partial charge in [-0.1, -0.05) is 48.5 Å². The first-order valence-electron chi connectivity index (χ1n) is 10.2. The SMILES string of the molecule is CN(C)c1ccc([C@H](CNC(=O)Oc2ccccc2)N2CCc3ccccc32)cc1. The molecule has 0 fully saturated rings. The number of hydrogen-bond acceptors (Lipinski definition) is 4. The van der Waals surface area contributed by atoms with Crippen LogP contribution in [0.2, 0.25) is 0 Å². The van der Waals surface area contributed by atoms with Crippen LogP contribution in [0.15, 0.2) is 78.9 Å². The van der Waals surface area contributed by atoms with E-state index in [0.717, 1.165) is 24.2 Å². The topological polar surface area (TPSA) is 44.8 Å². The van der Waals surface area contributed by atoms with Crippen molar-refractivity contribution in [2.45, 2.75) is 12.5 Å². The lowest BCUT2D eigenvalue weighted by Gasteiger charge is -2.31. The Hall–Kier alpha value is -3.47. The van der Waals surface area contributed by atoms with Crippen LogP contribution in [0.25, 0.3) is 0 Å². The molecule has 0 saturated carbocycles. The van der Waals surface area contributed by atoms with E-state index in [0.29, 0.717) is 12.3 Å². The maximum Gasteiger partial charge on any atom is 0.412 e. The molecule has 1 aliphatic heterocycles. The molecule has 0 aromatic heterocycles. The molecular weight excluding hydrogens is 374 g/mol. The Balaban J connectivity index is 1.54. The minimum absolute atomic E-state index is 0.0215. The van der Waals surface area contributed by atoms with Crippen LogP contribution in [0, 0.1) is 0 Å². The first kappa shape index (κ1) is 19.8. The van der Waals surface area contributed by atoms with Crippen LogP contribution in [0.5, 0.6) is 5.75 Å². The van der Waals surface area contributed by atoms with Crippen molar-refractivity contribution in [1.82, 2.24) is 5.32 Å². The molecule has 0 bridgehead atoms. The average molecular weight is 402 g/mol. The number of ether oxygens (including phenoxy) is 1. The molecular formula is C25H27N3O2. The van der Waals surface area contributed by atoms with Gasteiger partial charge in [-0.15, -0.1) is 0 Å². The van der Waals surface area contributed by atoms with E-state index in [9.17, 15) is 4.79 Å². The van der Waals surface area contributed by atoms with Crippen molar-refractivity contribution >= 4 is 17.5 Å². The van der Waals surface area contributed by atoms with E-state index < -0.39 is 6.09 Å². The lowest BCUT2D eigenvalue weighted by Crippen LogP contribution is -2.38. The highest BCUT2D eigenvalue weighted by molar-refractivity contribution is 5.70. The van der Waals surface area contributed by atoms with E-state index in [1.165, 1.54) is 11.3 Å². The summed E-state index contributed by atoms with van der Waals surface area (Å²) < 4.78 is 5.41. The van der Waals surface area contributed by atoms with Crippen LogP contribution < -0.4 is 19.9 Å². The third-order valence-electron chi connectivity index (χ3n) is 5.49. The van der Waals surface area contributed by atoms with E-state index in [1.807, 2.05) is 32.3 Å². The summed E-state index contributed by atoms with van der Waals surface area (Å²) in [6.07, 6.45) is 0.570. The largest absolute Gasteiger partial charge is 0.412 e. The predicted molar refractivity (Wildman–Crippen MR) is 121 cm³/mol. The molecule has 3 aromatic carbocycles. The highest BCUT2D eigenvalue weighted by Gasteiger charge is 2.27. The Bertz CT molecular complexity index is 987. The molecule has 154 valence electrons. The van der Waals surface area contributed by atoms with Crippen LogP contribution in [0.4, 0.5) is 16.2 Å². The highest BCUT2D eigenvalue weighted by Crippen LogP contribution is 2.35. The van der Waals surface area contributed by atoms with Crippen LogP contribution in [-0.2, 0) is 6.42 Å². The number of amides is 1. The van der Waals surface area contributed by atoms with Gasteiger partial charge in [0.05, 0.1) is 6.04 Å². The van der Waals surface area contributed by atoms with Gasteiger partial charge in [0, 0.05) is 38.6 Å². The Labute approximate surface area is 177 Å². The summed E-state index contributed by atoms with van der Waals surface area (Å²) in [7, 11) is 4.06. The van der Waals surface area contributed by atoms with E-state index >= 15 is 0 Å². The second kappa shape index (κ2) is 8.91. The predicted octanol–water partition coefficient (Wildman–Crippen LogP) is 4.65. The van der Waals surface area contributed by atoms with Gasteiger partial charge < -0.3 is 19.9 Å². The molecule has 5 heteroatoms. The second-order valence-corrected chi connectivity index (χ2v) is 7.66. The number of nitrogens with zero attached hydrogens (tertiary/aromatic N) is 2. The van der Waals surface area contributed by atoms with Crippen LogP contribution in [0.1, 0.15) is 17.2 Å². The normalized spacial score (nSPS) is 13.5. The summed E-state index contributed by atoms with van der Waals surface area (Å²) in [5.74, 6) is 0.536. The summed E-state index contributed by atoms with van der Waals surface area (Å²) in [4.78, 5) is 16.9. The molecule has 0 unspecified atom stereocenters. The fraction of sp³-hybridized carbons (Fsp3) is 0.240. The molecule has 1 N–H and O–H groups in total. The summed E-state index contributed by atoms with van der Waals surface area (Å²) in [6, 6.07) is 26.2. The van der Waals surface area contributed by atoms with Gasteiger partial charge in [0.2, 0.25) is 0 Å². The van der Waals surface area contributed by atoms with Gasteiger partial charge in [0.1, 0.15) is 5.75 Å². The zero-order chi connectivity index (χ0) is 20.9. The third kappa shape index (κ3) is 4.40. The Kier molecular flexibility index (Phi) is 5.89. The van der Waals surface area contributed by atoms with Crippen LogP contribution in [0.3, 0.4) is 0 Å². The maximum absolute atomic E-state index is 12.4. The van der Waals surface area contributed by atoms with Gasteiger partial charge >= 0.3 is 6.09 Å². The molecule has 4 rings (SSSR count). The Morgan fingerprint density at radius 1 is 1.00 bits per heavy atom. The maximum atomic E-state index is 12.4. The molecule has 1 atom stereocenters. The molecule has 0 aliphatic carbocycles. The van der Waals surface area contributed by atoms with E-state index in [-0.39, 0.29) is 6.04 Å². The number of para-hydroxylation sites is 2. The van der Waals surface area contributed by atoms with Gasteiger partial charge in [0.25, 0.3) is 0 Å². The van der Waals surface area contributed by atoms with Gasteiger partial charge in [-0.2, -0.15) is 0 Å². The minimum atomic E-state index is -0.441. The quantitative estimate of drug-likeness (QED) is 0.653. The molecule has 0 spiro atoms. The number of carbonyl (C=O) groups excluding carboxylic acids is 1. The van der Waals surface area contributed by atoms with E-state index in [4.69, 9.17) is 4.74 Å². The summed E-state index contributed by atoms with van der Waals surface area (Å²) in [5, 5.41) is 2.96. The molecule has 0 saturated heterocycles. The first-order chi connectivity index (χ1) is 14.6. The highest BCUT2D eigenvalue weighted by atomic mass is 16.6. The Morgan fingerprint density at radius 3 is 2.43 bits per heavy atom. The van der Waals surface area contributed by atoms with Gasteiger partial charge in [0.15, 0.2) is 0 Å². The van der Waals surface area contributed by atoms with Gasteiger partial charge in [-0.05, 0) is 47.9 Å². The monoisotopic (exact) mass is 401 g/mol. The number of anilines is 2. The standard InChI is InChI=1S/C25H27N3O2/c1-27(2)21-14-12-20(13-15-21)24(28-17-16-19-8-6-7-11-23(19)28)18-26-25(29)30-22-9-4-3-5-10-22/h3-15,24H,16-18H2,1-2H3,(H,26,29)/t24-/m0/s1. The molecule has 1 amide bonds. The molecule has 0 radical (unpaired) electrons. The van der Waals surface area contributed by atoms with E-state index in [1.54, 1.807) is 12.1 Å². The number of nitrogens with one attached hydrogen (secondary N) is 1. The lowest BCUT2D eigenvalue weighted by atomic mass is 10.0. The lowest BCUT2D eigenvalue weighted by molar-refractivity contribution is 0.199. The fourth-order valence-electron chi connectivity index (χ4n) is 3.90. The first-order valence-corrected chi connectivity index (χ1v) is 10.2. The van der Waals surface area contributed by atoms with Gasteiger partial charge in [-0.25, -0.2) is 4.79 Å². The Morgan fingerprint density at radius 2 is 1.70 bits per heavy atom. The molecule has 3 aromatic rings. The van der Waals surface area contributed by atoms with E-state index in [2.05, 4.69) is 63.6 Å². The summed E-state index contributed by atoms with van der Waals surface area (Å²) in [6.45, 7) is 1.39. The second-order valence-electron chi connectivity index (χ2n) is 7.66. The molecule has 5 nitrogen and oxygen atoms in total. The smallest absolute Gasteiger partial charge is 0.410 e. The van der Waals surface area contributed by atoms with Crippen molar-refractivity contribution < 1.29 is 9.53 Å². The summed E-state index contributed by atoms with van der Waals surface area (Å²) in [5.41, 5.74) is 4.89. The van der Waals surface area contributed by atoms with Gasteiger partial charge in [-0.3, -0.25) is 0 Å². The van der Waals surface area contributed by atoms with Crippen molar-refractivity contribution in [3.05, 3.63) is 90.0 Å². The number of fused-ring (bicyclic) bond motifs is 1. The third-order valence-corrected chi connectivity index (χ3v) is 5.49. The molecule has 30 heavy (non-hydrogen) atoms. The van der Waals surface area contributed by atoms with Crippen molar-refractivity contribution in [1.29, 1.82) is 0 Å². The number of carbonyl (C=O) groups is 1. The zero-order valence-corrected chi connectivity index (χ0v) is 17.4. The van der Waals surface area contributed by atoms with Crippen LogP contribution >= 0.6 is 0 Å². The summed E-state index contributed by atoms with van der Waals surface area (Å²) >= 11 is 0. The number of benzene rings is 3. The molecule has 1 aliphatic rings. The number of hydrogen-bond donors (Lipinski definition) is 1. The van der Waals surface area contributed by atoms with Crippen molar-refractivity contribution in [2.75, 3.05) is 37.0 Å². The minimum Gasteiger partial charge on any atom is -0.410 e. The fourth-order valence-corrected chi connectivity index (χ4v) is 3.90. The number of rotatable bonds is 6. The zero-order valence-electron chi connectivity index (χ0n) is 17.4.